The number of hydrogen-bond donors (Lipinski definition) is 1. The summed E-state index contributed by atoms with van der Waals surface area (Å²) in [6.45, 7) is 3.84. The van der Waals surface area contributed by atoms with E-state index < -0.39 is 41.5 Å². The van der Waals surface area contributed by atoms with Gasteiger partial charge < -0.3 is 0 Å². The highest BCUT2D eigenvalue weighted by atomic mass is 19.1. The summed E-state index contributed by atoms with van der Waals surface area (Å²) >= 11 is 0. The summed E-state index contributed by atoms with van der Waals surface area (Å²) in [5.74, 6) is -2.50. The SMILES string of the molecule is Cc1ccc(C(=O)N2N[C@H](c3ccc(F)cc3)[C@@H]3C(=O)N(c4ccc(C)cc4)C(=O)[C@@H]32)cc1. The van der Waals surface area contributed by atoms with E-state index in [4.69, 9.17) is 0 Å². The second-order valence-corrected chi connectivity index (χ2v) is 8.52. The molecule has 3 atom stereocenters. The minimum atomic E-state index is -1.01. The maximum atomic E-state index is 13.5. The van der Waals surface area contributed by atoms with Gasteiger partial charge in [-0.25, -0.2) is 14.7 Å². The fraction of sp³-hybridized carbons (Fsp3) is 0.192. The Balaban J connectivity index is 1.57. The van der Waals surface area contributed by atoms with Gasteiger partial charge in [0.15, 0.2) is 0 Å². The summed E-state index contributed by atoms with van der Waals surface area (Å²) < 4.78 is 13.5. The topological polar surface area (TPSA) is 69.7 Å². The standard InChI is InChI=1S/C26H22FN3O3/c1-15-3-7-18(8-4-15)24(31)30-23-21(22(28-30)17-9-11-19(27)12-10-17)25(32)29(26(23)33)20-13-5-16(2)6-14-20/h3-14,21-23,28H,1-2H3/t21-,22+,23+/m0/s1. The second kappa shape index (κ2) is 7.94. The molecule has 6 nitrogen and oxygen atoms in total. The Morgan fingerprint density at radius 1 is 0.818 bits per heavy atom. The molecular formula is C26H22FN3O3. The number of halogens is 1. The number of hydrazine groups is 1. The summed E-state index contributed by atoms with van der Waals surface area (Å²) in [6, 6.07) is 18.2. The third-order valence-corrected chi connectivity index (χ3v) is 6.27. The molecule has 5 rings (SSSR count). The number of carbonyl (C=O) groups excluding carboxylic acids is 3. The number of amides is 3. The lowest BCUT2D eigenvalue weighted by Gasteiger charge is -2.25. The number of hydrogen-bond acceptors (Lipinski definition) is 4. The molecule has 0 unspecified atom stereocenters. The Kier molecular flexibility index (Phi) is 5.06. The number of rotatable bonds is 3. The van der Waals surface area contributed by atoms with Crippen LogP contribution in [0.3, 0.4) is 0 Å². The molecule has 0 aliphatic carbocycles. The van der Waals surface area contributed by atoms with Crippen LogP contribution in [0.25, 0.3) is 0 Å². The third kappa shape index (κ3) is 3.50. The van der Waals surface area contributed by atoms with Gasteiger partial charge in [-0.2, -0.15) is 0 Å². The van der Waals surface area contributed by atoms with Gasteiger partial charge >= 0.3 is 0 Å². The van der Waals surface area contributed by atoms with Crippen molar-refractivity contribution in [2.45, 2.75) is 25.9 Å². The number of aryl methyl sites for hydroxylation is 2. The normalized spacial score (nSPS) is 22.1. The molecule has 2 aliphatic rings. The molecule has 0 aromatic heterocycles. The van der Waals surface area contributed by atoms with Crippen LogP contribution in [-0.2, 0) is 9.59 Å². The minimum Gasteiger partial charge on any atom is -0.274 e. The van der Waals surface area contributed by atoms with Gasteiger partial charge in [0.05, 0.1) is 17.6 Å². The summed E-state index contributed by atoms with van der Waals surface area (Å²) in [5.41, 5.74) is 6.57. The first-order valence-electron chi connectivity index (χ1n) is 10.7. The average molecular weight is 443 g/mol. The van der Waals surface area contributed by atoms with Crippen molar-refractivity contribution in [2.75, 3.05) is 4.90 Å². The molecule has 0 saturated carbocycles. The van der Waals surface area contributed by atoms with Crippen molar-refractivity contribution in [1.82, 2.24) is 10.4 Å². The van der Waals surface area contributed by atoms with Crippen LogP contribution in [0.4, 0.5) is 10.1 Å². The molecule has 0 bridgehead atoms. The number of carbonyl (C=O) groups is 3. The van der Waals surface area contributed by atoms with Crippen LogP contribution in [0.2, 0.25) is 0 Å². The molecule has 3 aromatic carbocycles. The van der Waals surface area contributed by atoms with Crippen LogP contribution < -0.4 is 10.3 Å². The third-order valence-electron chi connectivity index (χ3n) is 6.27. The van der Waals surface area contributed by atoms with E-state index in [1.807, 2.05) is 38.1 Å². The van der Waals surface area contributed by atoms with Gasteiger partial charge in [-0.15, -0.1) is 0 Å². The zero-order chi connectivity index (χ0) is 23.3. The quantitative estimate of drug-likeness (QED) is 0.627. The molecule has 2 aliphatic heterocycles. The number of imide groups is 1. The molecule has 2 heterocycles. The van der Waals surface area contributed by atoms with E-state index in [1.54, 1.807) is 36.4 Å². The smallest absolute Gasteiger partial charge is 0.268 e. The van der Waals surface area contributed by atoms with Crippen LogP contribution in [0.5, 0.6) is 0 Å². The van der Waals surface area contributed by atoms with Gasteiger partial charge in [0, 0.05) is 5.56 Å². The predicted molar refractivity (Wildman–Crippen MR) is 121 cm³/mol. The van der Waals surface area contributed by atoms with Crippen molar-refractivity contribution in [2.24, 2.45) is 5.92 Å². The Morgan fingerprint density at radius 3 is 2.00 bits per heavy atom. The van der Waals surface area contributed by atoms with E-state index in [-0.39, 0.29) is 0 Å². The Morgan fingerprint density at radius 2 is 1.39 bits per heavy atom. The average Bonchev–Trinajstić information content (AvgIpc) is 3.32. The highest BCUT2D eigenvalue weighted by molar-refractivity contribution is 6.25. The molecule has 7 heteroatoms. The van der Waals surface area contributed by atoms with Gasteiger partial charge in [0.25, 0.3) is 11.8 Å². The van der Waals surface area contributed by atoms with Gasteiger partial charge in [0.2, 0.25) is 5.91 Å². The summed E-state index contributed by atoms with van der Waals surface area (Å²) in [5, 5.41) is 1.26. The predicted octanol–water partition coefficient (Wildman–Crippen LogP) is 3.70. The van der Waals surface area contributed by atoms with E-state index in [1.165, 1.54) is 17.1 Å². The molecule has 33 heavy (non-hydrogen) atoms. The zero-order valence-corrected chi connectivity index (χ0v) is 18.2. The van der Waals surface area contributed by atoms with E-state index >= 15 is 0 Å². The van der Waals surface area contributed by atoms with Crippen molar-refractivity contribution < 1.29 is 18.8 Å². The van der Waals surface area contributed by atoms with Crippen molar-refractivity contribution in [3.05, 3.63) is 101 Å². The zero-order valence-electron chi connectivity index (χ0n) is 18.2. The lowest BCUT2D eigenvalue weighted by atomic mass is 9.91. The first kappa shape index (κ1) is 21.0. The molecular weight excluding hydrogens is 421 g/mol. The van der Waals surface area contributed by atoms with Gasteiger partial charge in [-0.3, -0.25) is 19.4 Å². The summed E-state index contributed by atoms with van der Waals surface area (Å²) in [4.78, 5) is 41.6. The van der Waals surface area contributed by atoms with Crippen LogP contribution in [0, 0.1) is 25.6 Å². The van der Waals surface area contributed by atoms with Crippen molar-refractivity contribution >= 4 is 23.4 Å². The fourth-order valence-corrected chi connectivity index (χ4v) is 4.51. The highest BCUT2D eigenvalue weighted by Gasteiger charge is 2.60. The van der Waals surface area contributed by atoms with Gasteiger partial charge in [-0.05, 0) is 55.8 Å². The monoisotopic (exact) mass is 443 g/mol. The van der Waals surface area contributed by atoms with Crippen LogP contribution >= 0.6 is 0 Å². The maximum Gasteiger partial charge on any atom is 0.268 e. The lowest BCUT2D eigenvalue weighted by molar-refractivity contribution is -0.123. The highest BCUT2D eigenvalue weighted by Crippen LogP contribution is 2.42. The number of anilines is 1. The van der Waals surface area contributed by atoms with Gasteiger partial charge in [0.1, 0.15) is 11.9 Å². The van der Waals surface area contributed by atoms with E-state index in [2.05, 4.69) is 5.43 Å². The summed E-state index contributed by atoms with van der Waals surface area (Å²) in [7, 11) is 0. The molecule has 0 radical (unpaired) electrons. The van der Waals surface area contributed by atoms with Gasteiger partial charge in [-0.1, -0.05) is 47.5 Å². The Bertz CT molecular complexity index is 1240. The maximum absolute atomic E-state index is 13.5. The first-order chi connectivity index (χ1) is 15.8. The molecule has 3 amide bonds. The molecule has 2 fully saturated rings. The second-order valence-electron chi connectivity index (χ2n) is 8.52. The largest absolute Gasteiger partial charge is 0.274 e. The Labute approximate surface area is 190 Å². The molecule has 3 aromatic rings. The summed E-state index contributed by atoms with van der Waals surface area (Å²) in [6.07, 6.45) is 0. The Hall–Kier alpha value is -3.84. The van der Waals surface area contributed by atoms with Crippen LogP contribution in [0.15, 0.2) is 72.8 Å². The number of nitrogens with zero attached hydrogens (tertiary/aromatic N) is 2. The van der Waals surface area contributed by atoms with E-state index in [0.717, 1.165) is 16.0 Å². The first-order valence-corrected chi connectivity index (χ1v) is 10.7. The van der Waals surface area contributed by atoms with E-state index in [0.29, 0.717) is 16.8 Å². The molecule has 0 spiro atoms. The molecule has 166 valence electrons. The lowest BCUT2D eigenvalue weighted by Crippen LogP contribution is -2.48. The number of fused-ring (bicyclic) bond motifs is 1. The van der Waals surface area contributed by atoms with Crippen molar-refractivity contribution in [3.8, 4) is 0 Å². The molecule has 2 saturated heterocycles. The number of nitrogens with one attached hydrogen (secondary N) is 1. The van der Waals surface area contributed by atoms with Crippen LogP contribution in [0.1, 0.15) is 33.1 Å². The molecule has 1 N–H and O–H groups in total. The van der Waals surface area contributed by atoms with Crippen molar-refractivity contribution in [3.63, 3.8) is 0 Å². The van der Waals surface area contributed by atoms with E-state index in [9.17, 15) is 18.8 Å². The fourth-order valence-electron chi connectivity index (χ4n) is 4.51. The van der Waals surface area contributed by atoms with Crippen LogP contribution in [-0.4, -0.2) is 28.8 Å². The number of benzene rings is 3. The van der Waals surface area contributed by atoms with Crippen molar-refractivity contribution in [1.29, 1.82) is 0 Å². The minimum absolute atomic E-state index is 0.394.